The number of benzene rings is 2. The Morgan fingerprint density at radius 1 is 1.00 bits per heavy atom. The summed E-state index contributed by atoms with van der Waals surface area (Å²) in [4.78, 5) is 0. The minimum Gasteiger partial charge on any atom is -0.504 e. The van der Waals surface area contributed by atoms with Crippen LogP contribution in [0.3, 0.4) is 0 Å². The molecule has 0 aromatic heterocycles. The molecular weight excluding hydrogens is 292 g/mol. The monoisotopic (exact) mass is 308 g/mol. The van der Waals surface area contributed by atoms with Crippen LogP contribution >= 0.6 is 0 Å². The molecule has 0 aliphatic carbocycles. The zero-order valence-corrected chi connectivity index (χ0v) is 12.2. The molecule has 2 rings (SSSR count). The number of phenols is 2. The summed E-state index contributed by atoms with van der Waals surface area (Å²) in [5.74, 6) is -0.380. The van der Waals surface area contributed by atoms with E-state index in [9.17, 15) is 18.6 Å². The number of aromatic hydroxyl groups is 2. The molecule has 0 unspecified atom stereocenters. The molecule has 0 fully saturated rings. The molecule has 0 heterocycles. The second-order valence-electron chi connectivity index (χ2n) is 4.60. The summed E-state index contributed by atoms with van der Waals surface area (Å²) >= 11 is 0. The number of rotatable bonds is 5. The van der Waals surface area contributed by atoms with Crippen molar-refractivity contribution in [1.82, 2.24) is 0 Å². The standard InChI is InChI=1S/C14H16N2O4S/c1-21(19,20)16-12-5-3-2-4-11(12)15-9-10-6-7-13(17)14(18)8-10/h2-8,15-18H,9H2,1H3. The summed E-state index contributed by atoms with van der Waals surface area (Å²) < 4.78 is 25.0. The van der Waals surface area contributed by atoms with E-state index in [4.69, 9.17) is 0 Å². The van der Waals surface area contributed by atoms with Crippen molar-refractivity contribution in [2.45, 2.75) is 6.54 Å². The lowest BCUT2D eigenvalue weighted by Gasteiger charge is -2.13. The predicted octanol–water partition coefficient (Wildman–Crippen LogP) is 2.08. The molecule has 0 atom stereocenters. The van der Waals surface area contributed by atoms with Crippen LogP contribution in [0.25, 0.3) is 0 Å². The maximum absolute atomic E-state index is 11.3. The normalized spacial score (nSPS) is 11.1. The van der Waals surface area contributed by atoms with E-state index in [2.05, 4.69) is 10.0 Å². The maximum Gasteiger partial charge on any atom is 0.229 e. The SMILES string of the molecule is CS(=O)(=O)Nc1ccccc1NCc1ccc(O)c(O)c1. The fraction of sp³-hybridized carbons (Fsp3) is 0.143. The number of anilines is 2. The zero-order valence-electron chi connectivity index (χ0n) is 11.4. The topological polar surface area (TPSA) is 98.7 Å². The number of phenolic OH excluding ortho intramolecular Hbond substituents is 2. The van der Waals surface area contributed by atoms with Crippen LogP contribution in [0.4, 0.5) is 11.4 Å². The summed E-state index contributed by atoms with van der Waals surface area (Å²) in [6.07, 6.45) is 1.09. The molecule has 21 heavy (non-hydrogen) atoms. The Morgan fingerprint density at radius 2 is 1.67 bits per heavy atom. The third-order valence-electron chi connectivity index (χ3n) is 2.75. The minimum absolute atomic E-state index is 0.183. The first-order valence-electron chi connectivity index (χ1n) is 6.17. The second kappa shape index (κ2) is 5.92. The summed E-state index contributed by atoms with van der Waals surface area (Å²) in [6, 6.07) is 11.4. The van der Waals surface area contributed by atoms with Gasteiger partial charge in [0.05, 0.1) is 17.6 Å². The fourth-order valence-electron chi connectivity index (χ4n) is 1.80. The molecule has 6 nitrogen and oxygen atoms in total. The average Bonchev–Trinajstić information content (AvgIpc) is 2.40. The first-order valence-corrected chi connectivity index (χ1v) is 8.06. The highest BCUT2D eigenvalue weighted by molar-refractivity contribution is 7.92. The second-order valence-corrected chi connectivity index (χ2v) is 6.34. The lowest BCUT2D eigenvalue weighted by Crippen LogP contribution is -2.11. The van der Waals surface area contributed by atoms with Gasteiger partial charge in [0.25, 0.3) is 0 Å². The van der Waals surface area contributed by atoms with Crippen LogP contribution in [0.15, 0.2) is 42.5 Å². The highest BCUT2D eigenvalue weighted by Gasteiger charge is 2.07. The van der Waals surface area contributed by atoms with Crippen LogP contribution in [0.2, 0.25) is 0 Å². The van der Waals surface area contributed by atoms with Crippen LogP contribution in [0, 0.1) is 0 Å². The van der Waals surface area contributed by atoms with Gasteiger partial charge in [-0.3, -0.25) is 4.72 Å². The van der Waals surface area contributed by atoms with Crippen molar-refractivity contribution in [3.05, 3.63) is 48.0 Å². The van der Waals surface area contributed by atoms with Crippen molar-refractivity contribution in [2.24, 2.45) is 0 Å². The Morgan fingerprint density at radius 3 is 2.29 bits per heavy atom. The number of para-hydroxylation sites is 2. The molecule has 4 N–H and O–H groups in total. The largest absolute Gasteiger partial charge is 0.504 e. The zero-order chi connectivity index (χ0) is 15.5. The van der Waals surface area contributed by atoms with Crippen molar-refractivity contribution in [2.75, 3.05) is 16.3 Å². The molecule has 0 spiro atoms. The minimum atomic E-state index is -3.36. The van der Waals surface area contributed by atoms with Crippen molar-refractivity contribution in [3.8, 4) is 11.5 Å². The van der Waals surface area contributed by atoms with E-state index in [1.165, 1.54) is 12.1 Å². The van der Waals surface area contributed by atoms with E-state index < -0.39 is 10.0 Å². The number of hydrogen-bond donors (Lipinski definition) is 4. The molecule has 0 saturated heterocycles. The van der Waals surface area contributed by atoms with Gasteiger partial charge in [0.2, 0.25) is 10.0 Å². The Kier molecular flexibility index (Phi) is 4.23. The van der Waals surface area contributed by atoms with E-state index in [-0.39, 0.29) is 11.5 Å². The van der Waals surface area contributed by atoms with Crippen molar-refractivity contribution in [1.29, 1.82) is 0 Å². The maximum atomic E-state index is 11.3. The predicted molar refractivity (Wildman–Crippen MR) is 82.0 cm³/mol. The molecule has 0 saturated carbocycles. The highest BCUT2D eigenvalue weighted by atomic mass is 32.2. The molecule has 0 bridgehead atoms. The lowest BCUT2D eigenvalue weighted by atomic mass is 10.2. The quantitative estimate of drug-likeness (QED) is 0.634. The smallest absolute Gasteiger partial charge is 0.229 e. The molecule has 7 heteroatoms. The van der Waals surface area contributed by atoms with E-state index in [0.29, 0.717) is 17.9 Å². The molecule has 0 radical (unpaired) electrons. The summed E-state index contributed by atoms with van der Waals surface area (Å²) in [7, 11) is -3.36. The molecule has 0 amide bonds. The van der Waals surface area contributed by atoms with Gasteiger partial charge in [0.15, 0.2) is 11.5 Å². The van der Waals surface area contributed by atoms with E-state index >= 15 is 0 Å². The van der Waals surface area contributed by atoms with Crippen LogP contribution in [0.5, 0.6) is 11.5 Å². The van der Waals surface area contributed by atoms with Crippen LogP contribution in [0.1, 0.15) is 5.56 Å². The van der Waals surface area contributed by atoms with Gasteiger partial charge in [0.1, 0.15) is 0 Å². The van der Waals surface area contributed by atoms with Gasteiger partial charge in [-0.1, -0.05) is 18.2 Å². The van der Waals surface area contributed by atoms with Crippen LogP contribution < -0.4 is 10.0 Å². The molecular formula is C14H16N2O4S. The van der Waals surface area contributed by atoms with E-state index in [0.717, 1.165) is 11.8 Å². The Balaban J connectivity index is 2.14. The average molecular weight is 308 g/mol. The van der Waals surface area contributed by atoms with Crippen molar-refractivity contribution in [3.63, 3.8) is 0 Å². The molecule has 2 aromatic rings. The molecule has 2 aromatic carbocycles. The summed E-state index contributed by atoms with van der Waals surface area (Å²) in [6.45, 7) is 0.371. The van der Waals surface area contributed by atoms with Gasteiger partial charge in [-0.05, 0) is 29.8 Å². The third-order valence-corrected chi connectivity index (χ3v) is 3.34. The van der Waals surface area contributed by atoms with Crippen molar-refractivity contribution < 1.29 is 18.6 Å². The molecule has 112 valence electrons. The van der Waals surface area contributed by atoms with Crippen molar-refractivity contribution >= 4 is 21.4 Å². The third kappa shape index (κ3) is 4.28. The van der Waals surface area contributed by atoms with E-state index in [1.54, 1.807) is 30.3 Å². The van der Waals surface area contributed by atoms with Crippen LogP contribution in [-0.2, 0) is 16.6 Å². The Hall–Kier alpha value is -2.41. The fourth-order valence-corrected chi connectivity index (χ4v) is 2.38. The van der Waals surface area contributed by atoms with Gasteiger partial charge in [-0.25, -0.2) is 8.42 Å². The highest BCUT2D eigenvalue weighted by Crippen LogP contribution is 2.26. The first-order chi connectivity index (χ1) is 9.85. The van der Waals surface area contributed by atoms with E-state index in [1.807, 2.05) is 0 Å². The Labute approximate surface area is 123 Å². The summed E-state index contributed by atoms with van der Waals surface area (Å²) in [5.41, 5.74) is 1.82. The van der Waals surface area contributed by atoms with Crippen LogP contribution in [-0.4, -0.2) is 24.9 Å². The van der Waals surface area contributed by atoms with Gasteiger partial charge in [-0.2, -0.15) is 0 Å². The molecule has 0 aliphatic rings. The first kappa shape index (κ1) is 15.0. The van der Waals surface area contributed by atoms with Gasteiger partial charge >= 0.3 is 0 Å². The molecule has 0 aliphatic heterocycles. The number of sulfonamides is 1. The number of hydrogen-bond acceptors (Lipinski definition) is 5. The van der Waals surface area contributed by atoms with Gasteiger partial charge in [-0.15, -0.1) is 0 Å². The lowest BCUT2D eigenvalue weighted by molar-refractivity contribution is 0.403. The summed E-state index contributed by atoms with van der Waals surface area (Å²) in [5, 5.41) is 21.8. The van der Waals surface area contributed by atoms with Gasteiger partial charge in [0, 0.05) is 6.54 Å². The van der Waals surface area contributed by atoms with Gasteiger partial charge < -0.3 is 15.5 Å². The Bertz CT molecular complexity index is 744. The number of nitrogens with one attached hydrogen (secondary N) is 2.